The average molecular weight is 517 g/mol. The third kappa shape index (κ3) is 6.23. The molecular weight excluding hydrogens is 492 g/mol. The number of rotatable bonds is 8. The molecule has 3 rings (SSSR count). The Bertz CT molecular complexity index is 1050. The number of nitrogens with zero attached hydrogens (tertiary/aromatic N) is 1. The first kappa shape index (κ1) is 24.1. The zero-order valence-electron chi connectivity index (χ0n) is 18.2. The van der Waals surface area contributed by atoms with Crippen LogP contribution in [-0.4, -0.2) is 35.1 Å². The lowest BCUT2D eigenvalue weighted by Crippen LogP contribution is -2.36. The predicted molar refractivity (Wildman–Crippen MR) is 132 cm³/mol. The topological polar surface area (TPSA) is 75.7 Å². The fraction of sp³-hybridized carbons (Fsp3) is 0.292. The van der Waals surface area contributed by atoms with E-state index in [9.17, 15) is 14.4 Å². The first-order chi connectivity index (χ1) is 15.3. The minimum Gasteiger partial charge on any atom is -0.492 e. The zero-order chi connectivity index (χ0) is 23.3. The van der Waals surface area contributed by atoms with Crippen molar-refractivity contribution < 1.29 is 19.1 Å². The molecule has 2 aromatic rings. The van der Waals surface area contributed by atoms with Crippen LogP contribution in [0.1, 0.15) is 31.9 Å². The molecule has 0 aliphatic carbocycles. The number of carbonyl (C=O) groups is 3. The van der Waals surface area contributed by atoms with E-state index in [1.807, 2.05) is 30.3 Å². The number of amides is 3. The summed E-state index contributed by atoms with van der Waals surface area (Å²) in [6, 6.07) is 12.9. The molecule has 0 atom stereocenters. The minimum atomic E-state index is -0.479. The Balaban J connectivity index is 1.65. The monoisotopic (exact) mass is 516 g/mol. The van der Waals surface area contributed by atoms with E-state index < -0.39 is 17.1 Å². The van der Waals surface area contributed by atoms with Crippen molar-refractivity contribution in [3.63, 3.8) is 0 Å². The second-order valence-electron chi connectivity index (χ2n) is 7.76. The highest BCUT2D eigenvalue weighted by atomic mass is 79.9. The van der Waals surface area contributed by atoms with E-state index in [1.165, 1.54) is 0 Å². The van der Waals surface area contributed by atoms with Gasteiger partial charge >= 0.3 is 0 Å². The second kappa shape index (κ2) is 10.8. The third-order valence-electron chi connectivity index (χ3n) is 4.65. The lowest BCUT2D eigenvalue weighted by atomic mass is 10.1. The Morgan fingerprint density at radius 1 is 1.19 bits per heavy atom. The van der Waals surface area contributed by atoms with Crippen molar-refractivity contribution in [2.24, 2.45) is 5.92 Å². The van der Waals surface area contributed by atoms with Gasteiger partial charge < -0.3 is 10.1 Å². The van der Waals surface area contributed by atoms with E-state index in [2.05, 4.69) is 42.0 Å². The van der Waals surface area contributed by atoms with Crippen molar-refractivity contribution in [1.29, 1.82) is 0 Å². The summed E-state index contributed by atoms with van der Waals surface area (Å²) in [4.78, 5) is 38.7. The Labute approximate surface area is 200 Å². The molecule has 0 spiro atoms. The number of anilines is 1. The number of halogens is 1. The first-order valence-corrected chi connectivity index (χ1v) is 11.9. The summed E-state index contributed by atoms with van der Waals surface area (Å²) in [5.41, 5.74) is 2.53. The lowest BCUT2D eigenvalue weighted by Gasteiger charge is -2.12. The van der Waals surface area contributed by atoms with Crippen LogP contribution in [0.2, 0.25) is 0 Å². The number of aryl methyl sites for hydroxylation is 1. The van der Waals surface area contributed by atoms with Gasteiger partial charge in [-0.15, -0.1) is 0 Å². The molecule has 0 aromatic heterocycles. The van der Waals surface area contributed by atoms with Gasteiger partial charge in [-0.2, -0.15) is 0 Å². The van der Waals surface area contributed by atoms with E-state index in [0.29, 0.717) is 24.0 Å². The summed E-state index contributed by atoms with van der Waals surface area (Å²) in [5.74, 6) is 0.216. The number of hydrogen-bond acceptors (Lipinski definition) is 5. The van der Waals surface area contributed by atoms with Crippen molar-refractivity contribution in [1.82, 2.24) is 4.90 Å². The van der Waals surface area contributed by atoms with E-state index in [-0.39, 0.29) is 11.4 Å². The number of nitrogens with one attached hydrogen (secondary N) is 1. The molecule has 1 aliphatic rings. The largest absolute Gasteiger partial charge is 0.492 e. The smallest absolute Gasteiger partial charge is 0.294 e. The normalized spacial score (nSPS) is 15.0. The van der Waals surface area contributed by atoms with Gasteiger partial charge in [-0.25, -0.2) is 0 Å². The van der Waals surface area contributed by atoms with Gasteiger partial charge in [-0.3, -0.25) is 19.3 Å². The van der Waals surface area contributed by atoms with Crippen molar-refractivity contribution in [2.45, 2.75) is 27.2 Å². The van der Waals surface area contributed by atoms with Gasteiger partial charge in [0.2, 0.25) is 5.91 Å². The Morgan fingerprint density at radius 3 is 2.53 bits per heavy atom. The Hall–Kier alpha value is -2.58. The maximum absolute atomic E-state index is 12.7. The summed E-state index contributed by atoms with van der Waals surface area (Å²) in [6.07, 6.45) is 2.55. The van der Waals surface area contributed by atoms with Crippen LogP contribution in [0.3, 0.4) is 0 Å². The zero-order valence-corrected chi connectivity index (χ0v) is 20.6. The Morgan fingerprint density at radius 2 is 1.91 bits per heavy atom. The minimum absolute atomic E-state index is 0.276. The molecule has 0 bridgehead atoms. The maximum atomic E-state index is 12.7. The van der Waals surface area contributed by atoms with Gasteiger partial charge in [-0.05, 0) is 81.5 Å². The van der Waals surface area contributed by atoms with Crippen LogP contribution in [0.25, 0.3) is 6.08 Å². The van der Waals surface area contributed by atoms with Crippen LogP contribution in [0.4, 0.5) is 10.5 Å². The molecule has 6 nitrogen and oxygen atoms in total. The van der Waals surface area contributed by atoms with E-state index >= 15 is 0 Å². The molecule has 2 aromatic carbocycles. The van der Waals surface area contributed by atoms with E-state index in [4.69, 9.17) is 4.74 Å². The van der Waals surface area contributed by atoms with Crippen molar-refractivity contribution in [3.05, 3.63) is 63.0 Å². The first-order valence-electron chi connectivity index (χ1n) is 10.3. The van der Waals surface area contributed by atoms with Crippen LogP contribution >= 0.6 is 27.7 Å². The van der Waals surface area contributed by atoms with Gasteiger partial charge in [0.25, 0.3) is 11.1 Å². The number of hydrogen-bond donors (Lipinski definition) is 1. The molecule has 1 heterocycles. The summed E-state index contributed by atoms with van der Waals surface area (Å²) >= 11 is 4.31. The van der Waals surface area contributed by atoms with Crippen molar-refractivity contribution >= 4 is 56.5 Å². The van der Waals surface area contributed by atoms with Crippen LogP contribution in [-0.2, 0) is 16.0 Å². The molecular formula is C24H25BrN2O4S. The quantitative estimate of drug-likeness (QED) is 0.454. The maximum Gasteiger partial charge on any atom is 0.294 e. The average Bonchev–Trinajstić information content (AvgIpc) is 3.01. The molecule has 0 saturated carbocycles. The highest BCUT2D eigenvalue weighted by Gasteiger charge is 2.36. The summed E-state index contributed by atoms with van der Waals surface area (Å²) in [7, 11) is 0. The van der Waals surface area contributed by atoms with Crippen LogP contribution < -0.4 is 10.1 Å². The number of carbonyl (C=O) groups excluding carboxylic acids is 3. The van der Waals surface area contributed by atoms with Gasteiger partial charge in [-0.1, -0.05) is 39.0 Å². The number of imide groups is 1. The molecule has 1 saturated heterocycles. The molecule has 1 aliphatic heterocycles. The van der Waals surface area contributed by atoms with Crippen molar-refractivity contribution in [3.8, 4) is 5.75 Å². The number of benzene rings is 2. The molecule has 0 unspecified atom stereocenters. The Kier molecular flexibility index (Phi) is 8.15. The fourth-order valence-corrected chi connectivity index (χ4v) is 4.29. The number of thioether (sulfide) groups is 1. The van der Waals surface area contributed by atoms with Crippen LogP contribution in [0.15, 0.2) is 51.8 Å². The summed E-state index contributed by atoms with van der Waals surface area (Å²) in [6.45, 7) is 6.46. The second-order valence-corrected chi connectivity index (χ2v) is 9.61. The molecule has 1 fully saturated rings. The molecule has 8 heteroatoms. The number of ether oxygens (including phenoxy) is 1. The highest BCUT2D eigenvalue weighted by Crippen LogP contribution is 2.34. The lowest BCUT2D eigenvalue weighted by molar-refractivity contribution is -0.127. The summed E-state index contributed by atoms with van der Waals surface area (Å²) < 4.78 is 6.50. The fourth-order valence-electron chi connectivity index (χ4n) is 2.94. The van der Waals surface area contributed by atoms with E-state index in [1.54, 1.807) is 18.2 Å². The van der Waals surface area contributed by atoms with Gasteiger partial charge in [0.15, 0.2) is 0 Å². The van der Waals surface area contributed by atoms with Crippen LogP contribution in [0, 0.1) is 5.92 Å². The predicted octanol–water partition coefficient (Wildman–Crippen LogP) is 5.72. The highest BCUT2D eigenvalue weighted by molar-refractivity contribution is 9.10. The van der Waals surface area contributed by atoms with E-state index in [0.717, 1.165) is 38.7 Å². The van der Waals surface area contributed by atoms with Gasteiger partial charge in [0.1, 0.15) is 12.3 Å². The summed E-state index contributed by atoms with van der Waals surface area (Å²) in [5, 5.41) is 2.26. The third-order valence-corrected chi connectivity index (χ3v) is 6.17. The molecule has 1 N–H and O–H groups in total. The molecule has 32 heavy (non-hydrogen) atoms. The molecule has 168 valence electrons. The van der Waals surface area contributed by atoms with Gasteiger partial charge in [0.05, 0.1) is 16.0 Å². The standard InChI is InChI=1S/C24H25BrN2O4S/c1-4-16-5-8-18(9-6-16)26-22(28)13-27-23(29)21(32-24(27)30)12-17-7-10-20(19(25)11-17)31-14-15(2)3/h5-12,15H,4,13-14H2,1-3H3,(H,26,28)/b21-12+. The SMILES string of the molecule is CCc1ccc(NC(=O)CN2C(=O)S/C(=C/c3ccc(OCC(C)C)c(Br)c3)C2=O)cc1. The molecule has 0 radical (unpaired) electrons. The molecule has 3 amide bonds. The van der Waals surface area contributed by atoms with Crippen molar-refractivity contribution in [2.75, 3.05) is 18.5 Å². The van der Waals surface area contributed by atoms with Gasteiger partial charge in [0, 0.05) is 5.69 Å². The van der Waals surface area contributed by atoms with Crippen LogP contribution in [0.5, 0.6) is 5.75 Å².